The van der Waals surface area contributed by atoms with Crippen LogP contribution in [0.4, 0.5) is 4.79 Å². The van der Waals surface area contributed by atoms with E-state index in [9.17, 15) is 14.7 Å². The number of carbonyl (C=O) groups is 2. The van der Waals surface area contributed by atoms with Crippen molar-refractivity contribution in [3.8, 4) is 0 Å². The van der Waals surface area contributed by atoms with Gasteiger partial charge in [-0.05, 0) is 12.5 Å². The number of aryl methyl sites for hydroxylation is 1. The number of rotatable bonds is 2. The number of hydrazone groups is 1. The lowest BCUT2D eigenvalue weighted by Gasteiger charge is -2.32. The Morgan fingerprint density at radius 1 is 1.35 bits per heavy atom. The van der Waals surface area contributed by atoms with Crippen molar-refractivity contribution in [1.82, 2.24) is 9.91 Å². The van der Waals surface area contributed by atoms with E-state index in [2.05, 4.69) is 5.10 Å². The highest BCUT2D eigenvalue weighted by molar-refractivity contribution is 6.07. The molecule has 2 heterocycles. The van der Waals surface area contributed by atoms with Gasteiger partial charge in [-0.3, -0.25) is 4.79 Å². The molecule has 0 saturated carbocycles. The fraction of sp³-hybridized carbons (Fsp3) is 0.400. The average Bonchev–Trinajstić information content (AvgIpc) is 2.94. The van der Waals surface area contributed by atoms with Crippen LogP contribution in [0.15, 0.2) is 29.4 Å². The van der Waals surface area contributed by atoms with Gasteiger partial charge in [0.25, 0.3) is 0 Å². The zero-order valence-corrected chi connectivity index (χ0v) is 13.5. The highest BCUT2D eigenvalue weighted by Gasteiger charge is 2.38. The SMILES string of the molecule is Cc1ccc(C2=NN(C(=O)O)CC2N2CCOCC2=O)cc1.Cl. The maximum Gasteiger partial charge on any atom is 0.428 e. The number of nitrogens with zero attached hydrogens (tertiary/aromatic N) is 3. The number of morpholine rings is 1. The van der Waals surface area contributed by atoms with Crippen LogP contribution in [-0.4, -0.2) is 65.1 Å². The molecule has 0 aliphatic carbocycles. The summed E-state index contributed by atoms with van der Waals surface area (Å²) in [7, 11) is 0. The number of hydrogen-bond acceptors (Lipinski definition) is 4. The molecule has 2 aliphatic rings. The molecular formula is C15H18ClN3O4. The molecule has 7 nitrogen and oxygen atoms in total. The van der Waals surface area contributed by atoms with Gasteiger partial charge >= 0.3 is 6.09 Å². The third kappa shape index (κ3) is 3.46. The first-order valence-electron chi connectivity index (χ1n) is 7.09. The molecule has 1 fully saturated rings. The van der Waals surface area contributed by atoms with Crippen molar-refractivity contribution in [2.24, 2.45) is 5.10 Å². The van der Waals surface area contributed by atoms with Gasteiger partial charge in [-0.15, -0.1) is 12.4 Å². The van der Waals surface area contributed by atoms with E-state index in [1.165, 1.54) is 0 Å². The van der Waals surface area contributed by atoms with Gasteiger partial charge in [0.05, 0.1) is 24.9 Å². The van der Waals surface area contributed by atoms with Gasteiger partial charge in [0.2, 0.25) is 5.91 Å². The Morgan fingerprint density at radius 3 is 2.65 bits per heavy atom. The maximum absolute atomic E-state index is 12.1. The number of carbonyl (C=O) groups excluding carboxylic acids is 1. The molecule has 0 bridgehead atoms. The molecule has 8 heteroatoms. The lowest BCUT2D eigenvalue weighted by Crippen LogP contribution is -2.52. The first kappa shape index (κ1) is 17.2. The molecule has 2 amide bonds. The van der Waals surface area contributed by atoms with Crippen LogP contribution in [0.3, 0.4) is 0 Å². The van der Waals surface area contributed by atoms with Crippen molar-refractivity contribution in [1.29, 1.82) is 0 Å². The van der Waals surface area contributed by atoms with Crippen LogP contribution >= 0.6 is 12.4 Å². The summed E-state index contributed by atoms with van der Waals surface area (Å²) in [5, 5.41) is 14.4. The molecule has 1 atom stereocenters. The number of halogens is 1. The van der Waals surface area contributed by atoms with Crippen LogP contribution < -0.4 is 0 Å². The largest absolute Gasteiger partial charge is 0.464 e. The maximum atomic E-state index is 12.1. The highest BCUT2D eigenvalue weighted by Crippen LogP contribution is 2.21. The monoisotopic (exact) mass is 339 g/mol. The molecular weight excluding hydrogens is 322 g/mol. The Balaban J connectivity index is 0.00000192. The van der Waals surface area contributed by atoms with Gasteiger partial charge in [-0.25, -0.2) is 4.79 Å². The third-order valence-electron chi connectivity index (χ3n) is 3.86. The third-order valence-corrected chi connectivity index (χ3v) is 3.86. The topological polar surface area (TPSA) is 82.4 Å². The van der Waals surface area contributed by atoms with Gasteiger partial charge in [-0.2, -0.15) is 10.1 Å². The molecule has 1 aromatic rings. The first-order valence-corrected chi connectivity index (χ1v) is 7.09. The number of benzene rings is 1. The fourth-order valence-electron chi connectivity index (χ4n) is 2.69. The summed E-state index contributed by atoms with van der Waals surface area (Å²) in [5.41, 5.74) is 2.55. The highest BCUT2D eigenvalue weighted by atomic mass is 35.5. The summed E-state index contributed by atoms with van der Waals surface area (Å²) in [6.45, 7) is 3.07. The van der Waals surface area contributed by atoms with E-state index in [0.29, 0.717) is 18.9 Å². The first-order chi connectivity index (χ1) is 10.6. The molecule has 1 aromatic carbocycles. The van der Waals surface area contributed by atoms with Crippen LogP contribution in [0.1, 0.15) is 11.1 Å². The van der Waals surface area contributed by atoms with E-state index in [-0.39, 0.29) is 37.5 Å². The zero-order valence-electron chi connectivity index (χ0n) is 12.6. The molecule has 1 saturated heterocycles. The molecule has 0 aromatic heterocycles. The standard InChI is InChI=1S/C15H17N3O4.ClH/c1-10-2-4-11(5-3-10)14-12(8-18(16-14)15(20)21)17-6-7-22-9-13(17)19;/h2-5,12H,6-9H2,1H3,(H,20,21);1H. The van der Waals surface area contributed by atoms with Crippen molar-refractivity contribution in [2.75, 3.05) is 26.3 Å². The van der Waals surface area contributed by atoms with Gasteiger partial charge in [0.1, 0.15) is 6.61 Å². The summed E-state index contributed by atoms with van der Waals surface area (Å²) in [6.07, 6.45) is -1.12. The van der Waals surface area contributed by atoms with Crippen LogP contribution in [0.25, 0.3) is 0 Å². The second kappa shape index (κ2) is 6.97. The number of carboxylic acid groups (broad SMARTS) is 1. The van der Waals surface area contributed by atoms with E-state index >= 15 is 0 Å². The van der Waals surface area contributed by atoms with E-state index in [4.69, 9.17) is 4.74 Å². The molecule has 23 heavy (non-hydrogen) atoms. The second-order valence-electron chi connectivity index (χ2n) is 5.37. The molecule has 2 aliphatic heterocycles. The van der Waals surface area contributed by atoms with Gasteiger partial charge in [-0.1, -0.05) is 29.8 Å². The van der Waals surface area contributed by atoms with Crippen molar-refractivity contribution >= 4 is 30.1 Å². The lowest BCUT2D eigenvalue weighted by molar-refractivity contribution is -0.144. The molecule has 0 radical (unpaired) electrons. The summed E-state index contributed by atoms with van der Waals surface area (Å²) < 4.78 is 5.14. The minimum atomic E-state index is -1.12. The minimum absolute atomic E-state index is 0. The van der Waals surface area contributed by atoms with Crippen molar-refractivity contribution in [3.05, 3.63) is 35.4 Å². The molecule has 1 N–H and O–H groups in total. The number of amides is 2. The van der Waals surface area contributed by atoms with Crippen LogP contribution in [0, 0.1) is 6.92 Å². The summed E-state index contributed by atoms with van der Waals surface area (Å²) in [5.74, 6) is -0.136. The van der Waals surface area contributed by atoms with Crippen LogP contribution in [0.2, 0.25) is 0 Å². The van der Waals surface area contributed by atoms with Gasteiger partial charge < -0.3 is 14.7 Å². The van der Waals surface area contributed by atoms with Crippen molar-refractivity contribution < 1.29 is 19.4 Å². The number of hydrogen-bond donors (Lipinski definition) is 1. The minimum Gasteiger partial charge on any atom is -0.464 e. The zero-order chi connectivity index (χ0) is 15.7. The smallest absolute Gasteiger partial charge is 0.428 e. The van der Waals surface area contributed by atoms with Crippen molar-refractivity contribution in [2.45, 2.75) is 13.0 Å². The molecule has 3 rings (SSSR count). The molecule has 0 spiro atoms. The fourth-order valence-corrected chi connectivity index (χ4v) is 2.69. The second-order valence-corrected chi connectivity index (χ2v) is 5.37. The van der Waals surface area contributed by atoms with E-state index in [0.717, 1.165) is 16.1 Å². The predicted octanol–water partition coefficient (Wildman–Crippen LogP) is 1.34. The summed E-state index contributed by atoms with van der Waals surface area (Å²) >= 11 is 0. The van der Waals surface area contributed by atoms with E-state index in [1.807, 2.05) is 31.2 Å². The normalized spacial score (nSPS) is 21.0. The average molecular weight is 340 g/mol. The van der Waals surface area contributed by atoms with Gasteiger partial charge in [0, 0.05) is 6.54 Å². The number of ether oxygens (including phenoxy) is 1. The van der Waals surface area contributed by atoms with Crippen LogP contribution in [0.5, 0.6) is 0 Å². The summed E-state index contributed by atoms with van der Waals surface area (Å²) in [4.78, 5) is 25.0. The molecule has 124 valence electrons. The van der Waals surface area contributed by atoms with Crippen molar-refractivity contribution in [3.63, 3.8) is 0 Å². The quantitative estimate of drug-likeness (QED) is 0.881. The van der Waals surface area contributed by atoms with E-state index < -0.39 is 6.09 Å². The lowest BCUT2D eigenvalue weighted by atomic mass is 10.0. The Morgan fingerprint density at radius 2 is 2.04 bits per heavy atom. The molecule has 1 unspecified atom stereocenters. The van der Waals surface area contributed by atoms with Gasteiger partial charge in [0.15, 0.2) is 0 Å². The Bertz CT molecular complexity index is 632. The van der Waals surface area contributed by atoms with Crippen LogP contribution in [-0.2, 0) is 9.53 Å². The Labute approximate surface area is 139 Å². The van der Waals surface area contributed by atoms with E-state index in [1.54, 1.807) is 4.90 Å². The Hall–Kier alpha value is -2.12. The Kier molecular flexibility index (Phi) is 5.23. The summed E-state index contributed by atoms with van der Waals surface area (Å²) in [6, 6.07) is 7.32. The predicted molar refractivity (Wildman–Crippen MR) is 86.0 cm³/mol.